The van der Waals surface area contributed by atoms with Crippen LogP contribution in [-0.4, -0.2) is 41.8 Å². The minimum absolute atomic E-state index is 0.0218. The molecule has 0 radical (unpaired) electrons. The summed E-state index contributed by atoms with van der Waals surface area (Å²) in [5.41, 5.74) is 4.56. The van der Waals surface area contributed by atoms with Crippen molar-refractivity contribution in [3.8, 4) is 11.5 Å². The molecule has 1 aromatic heterocycles. The number of hydrogen-bond acceptors (Lipinski definition) is 6. The van der Waals surface area contributed by atoms with Gasteiger partial charge in [-0.15, -0.1) is 11.8 Å². The number of aromatic nitrogens is 1. The lowest BCUT2D eigenvalue weighted by molar-refractivity contribution is -0.115. The first-order valence-electron chi connectivity index (χ1n) is 16.5. The van der Waals surface area contributed by atoms with Crippen molar-refractivity contribution in [1.82, 2.24) is 9.88 Å². The SMILES string of the molecule is CCn1c2ccccc2c2cc(NC(=O)C(C)Sc3ccc(NC(=O)/C(=C/c4ccc(OC)cc4OC)NC(=O)c4ccccc4)cc3)ccc21. The summed E-state index contributed by atoms with van der Waals surface area (Å²) in [7, 11) is 3.07. The van der Waals surface area contributed by atoms with Crippen molar-refractivity contribution in [1.29, 1.82) is 0 Å². The van der Waals surface area contributed by atoms with E-state index in [9.17, 15) is 14.4 Å². The van der Waals surface area contributed by atoms with Crippen molar-refractivity contribution in [3.05, 3.63) is 132 Å². The van der Waals surface area contributed by atoms with Crippen LogP contribution in [0.2, 0.25) is 0 Å². The van der Waals surface area contributed by atoms with E-state index >= 15 is 0 Å². The average Bonchev–Trinajstić information content (AvgIpc) is 3.48. The van der Waals surface area contributed by atoms with Crippen LogP contribution in [-0.2, 0) is 16.1 Å². The molecule has 10 heteroatoms. The van der Waals surface area contributed by atoms with Crippen LogP contribution in [0, 0.1) is 0 Å². The second kappa shape index (κ2) is 15.7. The fourth-order valence-electron chi connectivity index (χ4n) is 5.82. The Kier molecular flexibility index (Phi) is 10.7. The second-order valence-corrected chi connectivity index (χ2v) is 13.1. The molecular formula is C41H38N4O5S. The topological polar surface area (TPSA) is 111 Å². The molecule has 0 aliphatic heterocycles. The summed E-state index contributed by atoms with van der Waals surface area (Å²) in [6, 6.07) is 35.3. The molecule has 5 aromatic carbocycles. The Balaban J connectivity index is 1.14. The molecule has 0 saturated carbocycles. The largest absolute Gasteiger partial charge is 0.497 e. The third-order valence-corrected chi connectivity index (χ3v) is 9.53. The fraction of sp³-hybridized carbons (Fsp3) is 0.146. The molecule has 3 amide bonds. The molecule has 1 unspecified atom stereocenters. The number of ether oxygens (including phenoxy) is 2. The maximum Gasteiger partial charge on any atom is 0.272 e. The number of fused-ring (bicyclic) bond motifs is 3. The highest BCUT2D eigenvalue weighted by Crippen LogP contribution is 2.32. The van der Waals surface area contributed by atoms with Gasteiger partial charge in [0.1, 0.15) is 17.2 Å². The summed E-state index contributed by atoms with van der Waals surface area (Å²) in [5, 5.41) is 10.6. The van der Waals surface area contributed by atoms with Crippen molar-refractivity contribution in [2.24, 2.45) is 0 Å². The number of rotatable bonds is 12. The van der Waals surface area contributed by atoms with Gasteiger partial charge in [0.15, 0.2) is 0 Å². The molecule has 51 heavy (non-hydrogen) atoms. The maximum absolute atomic E-state index is 13.6. The number of amides is 3. The molecule has 258 valence electrons. The molecule has 0 aliphatic carbocycles. The number of carbonyl (C=O) groups excluding carboxylic acids is 3. The van der Waals surface area contributed by atoms with Crippen molar-refractivity contribution in [2.45, 2.75) is 30.5 Å². The fourth-order valence-corrected chi connectivity index (χ4v) is 6.69. The number of hydrogen-bond donors (Lipinski definition) is 3. The highest BCUT2D eigenvalue weighted by Gasteiger charge is 2.19. The molecule has 0 bridgehead atoms. The van der Waals surface area contributed by atoms with Crippen molar-refractivity contribution in [2.75, 3.05) is 24.9 Å². The lowest BCUT2D eigenvalue weighted by Gasteiger charge is -2.14. The van der Waals surface area contributed by atoms with Gasteiger partial charge < -0.3 is 30.0 Å². The number of para-hydroxylation sites is 1. The van der Waals surface area contributed by atoms with E-state index in [-0.39, 0.29) is 16.9 Å². The highest BCUT2D eigenvalue weighted by molar-refractivity contribution is 8.00. The van der Waals surface area contributed by atoms with Gasteiger partial charge >= 0.3 is 0 Å². The van der Waals surface area contributed by atoms with Crippen LogP contribution in [0.1, 0.15) is 29.8 Å². The van der Waals surface area contributed by atoms with Crippen molar-refractivity contribution in [3.63, 3.8) is 0 Å². The Morgan fingerprint density at radius 2 is 1.47 bits per heavy atom. The summed E-state index contributed by atoms with van der Waals surface area (Å²) >= 11 is 1.41. The number of thioether (sulfide) groups is 1. The highest BCUT2D eigenvalue weighted by atomic mass is 32.2. The Bertz CT molecular complexity index is 2250. The maximum atomic E-state index is 13.6. The Hall–Kier alpha value is -6.00. The first kappa shape index (κ1) is 34.8. The van der Waals surface area contributed by atoms with Gasteiger partial charge in [0.25, 0.3) is 11.8 Å². The van der Waals surface area contributed by atoms with E-state index in [1.54, 1.807) is 67.8 Å². The molecule has 6 rings (SSSR count). The molecule has 0 saturated heterocycles. The van der Waals surface area contributed by atoms with E-state index in [0.29, 0.717) is 28.3 Å². The van der Waals surface area contributed by atoms with Gasteiger partial charge in [0.05, 0.1) is 19.5 Å². The van der Waals surface area contributed by atoms with E-state index < -0.39 is 11.8 Å². The third kappa shape index (κ3) is 7.92. The lowest BCUT2D eigenvalue weighted by atomic mass is 10.1. The van der Waals surface area contributed by atoms with Crippen molar-refractivity contribution >= 4 is 68.7 Å². The minimum Gasteiger partial charge on any atom is -0.497 e. The van der Waals surface area contributed by atoms with Crippen LogP contribution < -0.4 is 25.4 Å². The molecule has 1 heterocycles. The van der Waals surface area contributed by atoms with Gasteiger partial charge in [-0.1, -0.05) is 36.4 Å². The Labute approximate surface area is 300 Å². The van der Waals surface area contributed by atoms with Gasteiger partial charge in [-0.3, -0.25) is 14.4 Å². The normalized spacial score (nSPS) is 12.0. The number of nitrogens with zero attached hydrogens (tertiary/aromatic N) is 1. The number of anilines is 2. The number of aryl methyl sites for hydroxylation is 1. The van der Waals surface area contributed by atoms with Gasteiger partial charge in [-0.25, -0.2) is 0 Å². The minimum atomic E-state index is -0.524. The van der Waals surface area contributed by atoms with Crippen LogP contribution in [0.3, 0.4) is 0 Å². The Morgan fingerprint density at radius 1 is 0.765 bits per heavy atom. The van der Waals surface area contributed by atoms with Crippen LogP contribution in [0.25, 0.3) is 27.9 Å². The predicted molar refractivity (Wildman–Crippen MR) is 206 cm³/mol. The van der Waals surface area contributed by atoms with Crippen LogP contribution in [0.5, 0.6) is 11.5 Å². The standard InChI is InChI=1S/C41H38N4O5S/c1-5-45-36-14-10-9-13-33(36)34-24-30(18-22-37(34)45)43-39(46)26(2)51-32-20-16-29(17-21-32)42-41(48)35(44-40(47)27-11-7-6-8-12-27)23-28-15-19-31(49-3)25-38(28)50-4/h6-26H,5H2,1-4H3,(H,42,48)(H,43,46)(H,44,47)/b35-23-. The quantitative estimate of drug-likeness (QED) is 0.0876. The second-order valence-electron chi connectivity index (χ2n) is 11.7. The van der Waals surface area contributed by atoms with Crippen LogP contribution in [0.15, 0.2) is 126 Å². The number of carbonyl (C=O) groups is 3. The zero-order valence-corrected chi connectivity index (χ0v) is 29.5. The summed E-state index contributed by atoms with van der Waals surface area (Å²) < 4.78 is 13.1. The Morgan fingerprint density at radius 3 is 2.20 bits per heavy atom. The van der Waals surface area contributed by atoms with E-state index in [1.807, 2.05) is 49.4 Å². The van der Waals surface area contributed by atoms with E-state index in [4.69, 9.17) is 9.47 Å². The molecule has 0 aliphatic rings. The molecule has 9 nitrogen and oxygen atoms in total. The summed E-state index contributed by atoms with van der Waals surface area (Å²) in [5.74, 6) is -0.0157. The molecular weight excluding hydrogens is 661 g/mol. The van der Waals surface area contributed by atoms with E-state index in [2.05, 4.69) is 45.6 Å². The number of benzene rings is 5. The monoisotopic (exact) mass is 698 g/mol. The molecule has 0 fully saturated rings. The van der Waals surface area contributed by atoms with E-state index in [1.165, 1.54) is 24.4 Å². The van der Waals surface area contributed by atoms with Gasteiger partial charge in [0.2, 0.25) is 5.91 Å². The first-order chi connectivity index (χ1) is 24.8. The molecule has 0 spiro atoms. The van der Waals surface area contributed by atoms with Crippen LogP contribution in [0.4, 0.5) is 11.4 Å². The number of nitrogens with one attached hydrogen (secondary N) is 3. The summed E-state index contributed by atoms with van der Waals surface area (Å²) in [4.78, 5) is 40.8. The molecule has 6 aromatic rings. The first-order valence-corrected chi connectivity index (χ1v) is 17.4. The average molecular weight is 699 g/mol. The summed E-state index contributed by atoms with van der Waals surface area (Å²) in [6.07, 6.45) is 1.55. The third-order valence-electron chi connectivity index (χ3n) is 8.42. The zero-order chi connectivity index (χ0) is 35.9. The van der Waals surface area contributed by atoms with Gasteiger partial charge in [-0.05, 0) is 92.7 Å². The van der Waals surface area contributed by atoms with Gasteiger partial charge in [0, 0.05) is 61.8 Å². The van der Waals surface area contributed by atoms with Gasteiger partial charge in [-0.2, -0.15) is 0 Å². The predicted octanol–water partition coefficient (Wildman–Crippen LogP) is 8.36. The van der Waals surface area contributed by atoms with Crippen LogP contribution >= 0.6 is 11.8 Å². The van der Waals surface area contributed by atoms with Crippen molar-refractivity contribution < 1.29 is 23.9 Å². The zero-order valence-electron chi connectivity index (χ0n) is 28.7. The summed E-state index contributed by atoms with van der Waals surface area (Å²) in [6.45, 7) is 4.84. The lowest BCUT2D eigenvalue weighted by Crippen LogP contribution is -2.30. The smallest absolute Gasteiger partial charge is 0.272 e. The van der Waals surface area contributed by atoms with E-state index in [0.717, 1.165) is 33.4 Å². The number of methoxy groups -OCH3 is 2. The molecule has 3 N–H and O–H groups in total. The molecule has 1 atom stereocenters.